The van der Waals surface area contributed by atoms with Crippen molar-refractivity contribution in [1.82, 2.24) is 4.98 Å². The first-order valence-corrected chi connectivity index (χ1v) is 6.75. The van der Waals surface area contributed by atoms with E-state index in [0.717, 1.165) is 22.7 Å². The van der Waals surface area contributed by atoms with E-state index in [4.69, 9.17) is 0 Å². The van der Waals surface area contributed by atoms with Crippen LogP contribution in [0.1, 0.15) is 21.1 Å². The Kier molecular flexibility index (Phi) is 3.71. The van der Waals surface area contributed by atoms with Crippen LogP contribution in [-0.2, 0) is 6.42 Å². The molecule has 0 fully saturated rings. The standard InChI is InChI=1S/C12H11BrFNS/c1-8-15-12(7-16-8)11(13)6-9-2-4-10(14)5-3-9/h2-5,7,11H,6H2,1H3. The molecule has 4 heteroatoms. The number of benzene rings is 1. The molecular formula is C12H11BrFNS. The first-order valence-electron chi connectivity index (χ1n) is 4.95. The predicted molar refractivity (Wildman–Crippen MR) is 68.6 cm³/mol. The van der Waals surface area contributed by atoms with E-state index >= 15 is 0 Å². The molecule has 0 amide bonds. The molecule has 1 aromatic carbocycles. The number of aryl methyl sites for hydroxylation is 1. The smallest absolute Gasteiger partial charge is 0.123 e. The maximum atomic E-state index is 12.7. The molecule has 2 aromatic rings. The molecule has 1 aromatic heterocycles. The van der Waals surface area contributed by atoms with Gasteiger partial charge in [0.2, 0.25) is 0 Å². The molecule has 16 heavy (non-hydrogen) atoms. The molecule has 1 nitrogen and oxygen atoms in total. The first-order chi connectivity index (χ1) is 7.65. The highest BCUT2D eigenvalue weighted by atomic mass is 79.9. The number of alkyl halides is 1. The van der Waals surface area contributed by atoms with E-state index in [1.807, 2.05) is 19.1 Å². The van der Waals surface area contributed by atoms with Gasteiger partial charge in [-0.05, 0) is 31.0 Å². The van der Waals surface area contributed by atoms with Gasteiger partial charge in [-0.15, -0.1) is 11.3 Å². The largest absolute Gasteiger partial charge is 0.245 e. The molecule has 0 saturated carbocycles. The molecule has 0 aliphatic carbocycles. The summed E-state index contributed by atoms with van der Waals surface area (Å²) in [7, 11) is 0. The second kappa shape index (κ2) is 5.06. The number of rotatable bonds is 3. The third-order valence-corrected chi connectivity index (χ3v) is 3.87. The summed E-state index contributed by atoms with van der Waals surface area (Å²) in [5.74, 6) is -0.195. The summed E-state index contributed by atoms with van der Waals surface area (Å²) in [5, 5.41) is 3.12. The van der Waals surface area contributed by atoms with Gasteiger partial charge in [0.05, 0.1) is 15.5 Å². The molecule has 84 valence electrons. The van der Waals surface area contributed by atoms with Gasteiger partial charge in [-0.1, -0.05) is 28.1 Å². The minimum Gasteiger partial charge on any atom is -0.245 e. The van der Waals surface area contributed by atoms with Crippen molar-refractivity contribution in [2.45, 2.75) is 18.2 Å². The van der Waals surface area contributed by atoms with Crippen molar-refractivity contribution >= 4 is 27.3 Å². The van der Waals surface area contributed by atoms with Gasteiger partial charge < -0.3 is 0 Å². The number of thiazole rings is 1. The Balaban J connectivity index is 2.07. The molecule has 0 spiro atoms. The average Bonchev–Trinajstić information content (AvgIpc) is 2.68. The molecule has 1 unspecified atom stereocenters. The fourth-order valence-electron chi connectivity index (χ4n) is 1.46. The van der Waals surface area contributed by atoms with Gasteiger partial charge in [-0.3, -0.25) is 0 Å². The van der Waals surface area contributed by atoms with Gasteiger partial charge in [-0.25, -0.2) is 9.37 Å². The van der Waals surface area contributed by atoms with Crippen LogP contribution in [0.4, 0.5) is 4.39 Å². The van der Waals surface area contributed by atoms with Crippen LogP contribution < -0.4 is 0 Å². The number of hydrogen-bond acceptors (Lipinski definition) is 2. The minimum absolute atomic E-state index is 0.195. The van der Waals surface area contributed by atoms with Crippen LogP contribution in [0.5, 0.6) is 0 Å². The molecule has 1 heterocycles. The highest BCUT2D eigenvalue weighted by molar-refractivity contribution is 9.09. The zero-order valence-electron chi connectivity index (χ0n) is 8.78. The fourth-order valence-corrected chi connectivity index (χ4v) is 2.91. The summed E-state index contributed by atoms with van der Waals surface area (Å²) in [5.41, 5.74) is 2.15. The van der Waals surface area contributed by atoms with Crippen LogP contribution in [0.25, 0.3) is 0 Å². The zero-order chi connectivity index (χ0) is 11.5. The number of hydrogen-bond donors (Lipinski definition) is 0. The maximum absolute atomic E-state index is 12.7. The molecular weight excluding hydrogens is 289 g/mol. The third-order valence-electron chi connectivity index (χ3n) is 2.29. The van der Waals surface area contributed by atoms with Crippen molar-refractivity contribution in [2.24, 2.45) is 0 Å². The normalized spacial score (nSPS) is 12.7. The van der Waals surface area contributed by atoms with E-state index in [1.54, 1.807) is 11.3 Å². The summed E-state index contributed by atoms with van der Waals surface area (Å²) >= 11 is 5.25. The zero-order valence-corrected chi connectivity index (χ0v) is 11.2. The Morgan fingerprint density at radius 3 is 2.62 bits per heavy atom. The van der Waals surface area contributed by atoms with Gasteiger partial charge in [-0.2, -0.15) is 0 Å². The molecule has 0 N–H and O–H groups in total. The Morgan fingerprint density at radius 2 is 2.06 bits per heavy atom. The van der Waals surface area contributed by atoms with Gasteiger partial charge in [0.1, 0.15) is 5.82 Å². The van der Waals surface area contributed by atoms with E-state index in [1.165, 1.54) is 12.1 Å². The van der Waals surface area contributed by atoms with Crippen molar-refractivity contribution < 1.29 is 4.39 Å². The molecule has 1 atom stereocenters. The van der Waals surface area contributed by atoms with Crippen LogP contribution >= 0.6 is 27.3 Å². The second-order valence-electron chi connectivity index (χ2n) is 3.59. The molecule has 2 rings (SSSR count). The van der Waals surface area contributed by atoms with Crippen molar-refractivity contribution in [3.05, 3.63) is 51.7 Å². The summed E-state index contributed by atoms with van der Waals surface area (Å²) in [6.45, 7) is 1.99. The van der Waals surface area contributed by atoms with E-state index in [9.17, 15) is 4.39 Å². The van der Waals surface area contributed by atoms with E-state index < -0.39 is 0 Å². The lowest BCUT2D eigenvalue weighted by molar-refractivity contribution is 0.627. The van der Waals surface area contributed by atoms with Crippen molar-refractivity contribution in [3.8, 4) is 0 Å². The van der Waals surface area contributed by atoms with E-state index in [0.29, 0.717) is 0 Å². The second-order valence-corrected chi connectivity index (χ2v) is 5.76. The Hall–Kier alpha value is -0.740. The minimum atomic E-state index is -0.195. The lowest BCUT2D eigenvalue weighted by Gasteiger charge is -2.06. The maximum Gasteiger partial charge on any atom is 0.123 e. The van der Waals surface area contributed by atoms with Gasteiger partial charge in [0.25, 0.3) is 0 Å². The average molecular weight is 300 g/mol. The molecule has 0 aliphatic rings. The SMILES string of the molecule is Cc1nc(C(Br)Cc2ccc(F)cc2)cs1. The highest BCUT2D eigenvalue weighted by Crippen LogP contribution is 2.27. The molecule has 0 bridgehead atoms. The summed E-state index contributed by atoms with van der Waals surface area (Å²) < 4.78 is 12.7. The van der Waals surface area contributed by atoms with E-state index in [-0.39, 0.29) is 10.6 Å². The number of halogens is 2. The van der Waals surface area contributed by atoms with Crippen molar-refractivity contribution in [2.75, 3.05) is 0 Å². The lowest BCUT2D eigenvalue weighted by Crippen LogP contribution is -1.96. The Morgan fingerprint density at radius 1 is 1.38 bits per heavy atom. The van der Waals surface area contributed by atoms with Gasteiger partial charge in [0, 0.05) is 5.38 Å². The molecule has 0 radical (unpaired) electrons. The monoisotopic (exact) mass is 299 g/mol. The molecule has 0 saturated heterocycles. The molecule has 0 aliphatic heterocycles. The van der Waals surface area contributed by atoms with Crippen LogP contribution in [0.3, 0.4) is 0 Å². The van der Waals surface area contributed by atoms with Gasteiger partial charge in [0.15, 0.2) is 0 Å². The Bertz CT molecular complexity index is 466. The lowest BCUT2D eigenvalue weighted by atomic mass is 10.1. The van der Waals surface area contributed by atoms with Crippen LogP contribution in [0, 0.1) is 12.7 Å². The predicted octanol–water partition coefficient (Wildman–Crippen LogP) is 4.27. The quantitative estimate of drug-likeness (QED) is 0.771. The third kappa shape index (κ3) is 2.89. The van der Waals surface area contributed by atoms with E-state index in [2.05, 4.69) is 26.3 Å². The fraction of sp³-hybridized carbons (Fsp3) is 0.250. The first kappa shape index (κ1) is 11.7. The van der Waals surface area contributed by atoms with Crippen LogP contribution in [-0.4, -0.2) is 4.98 Å². The summed E-state index contributed by atoms with van der Waals surface area (Å²) in [6, 6.07) is 6.59. The van der Waals surface area contributed by atoms with Crippen LogP contribution in [0.2, 0.25) is 0 Å². The number of nitrogens with zero attached hydrogens (tertiary/aromatic N) is 1. The van der Waals surface area contributed by atoms with Crippen molar-refractivity contribution in [3.63, 3.8) is 0 Å². The highest BCUT2D eigenvalue weighted by Gasteiger charge is 2.11. The van der Waals surface area contributed by atoms with Crippen molar-refractivity contribution in [1.29, 1.82) is 0 Å². The van der Waals surface area contributed by atoms with Gasteiger partial charge >= 0.3 is 0 Å². The Labute approximate surface area is 106 Å². The van der Waals surface area contributed by atoms with Crippen LogP contribution in [0.15, 0.2) is 29.6 Å². The summed E-state index contributed by atoms with van der Waals surface area (Å²) in [6.07, 6.45) is 0.823. The summed E-state index contributed by atoms with van der Waals surface area (Å²) in [4.78, 5) is 4.62. The topological polar surface area (TPSA) is 12.9 Å². The number of aromatic nitrogens is 1.